The van der Waals surface area contributed by atoms with Crippen LogP contribution in [0.2, 0.25) is 0 Å². The fourth-order valence-corrected chi connectivity index (χ4v) is 2.84. The minimum Gasteiger partial charge on any atom is -0.400 e. The van der Waals surface area contributed by atoms with Crippen molar-refractivity contribution < 1.29 is 14.8 Å². The van der Waals surface area contributed by atoms with Crippen molar-refractivity contribution in [2.24, 2.45) is 0 Å². The molecule has 0 saturated carbocycles. The number of carbonyl (C=O) groups is 1. The number of non-ortho nitro benzene ring substituents is 1. The maximum atomic E-state index is 11.8. The smallest absolute Gasteiger partial charge is 0.278 e. The van der Waals surface area contributed by atoms with Gasteiger partial charge in [-0.3, -0.25) is 14.9 Å². The molecule has 1 N–H and O–H groups in total. The zero-order chi connectivity index (χ0) is 14.2. The van der Waals surface area contributed by atoms with Crippen LogP contribution in [-0.2, 0) is 6.42 Å². The van der Waals surface area contributed by atoms with Gasteiger partial charge in [-0.1, -0.05) is 6.07 Å². The monoisotopic (exact) mass is 323 g/mol. The average molecular weight is 324 g/mol. The van der Waals surface area contributed by atoms with E-state index in [0.717, 1.165) is 18.1 Å². The number of halogens is 1. The zero-order valence-corrected chi connectivity index (χ0v) is 11.6. The summed E-state index contributed by atoms with van der Waals surface area (Å²) in [5, 5.41) is 19.2. The first kappa shape index (κ1) is 13.6. The lowest BCUT2D eigenvalue weighted by molar-refractivity contribution is -0.383. The summed E-state index contributed by atoms with van der Waals surface area (Å²) in [5.41, 5.74) is 1.49. The molecule has 0 saturated heterocycles. The molecule has 6 heteroatoms. The van der Waals surface area contributed by atoms with Crippen LogP contribution < -0.4 is 0 Å². The van der Waals surface area contributed by atoms with Gasteiger partial charge < -0.3 is 5.11 Å². The van der Waals surface area contributed by atoms with Gasteiger partial charge in [-0.2, -0.15) is 0 Å². The van der Waals surface area contributed by atoms with Crippen LogP contribution in [0, 0.1) is 10.1 Å². The number of rotatable bonds is 1. The van der Waals surface area contributed by atoms with Crippen molar-refractivity contribution in [3.8, 4) is 0 Å². The van der Waals surface area contributed by atoms with Gasteiger partial charge in [0.05, 0.1) is 10.3 Å². The summed E-state index contributed by atoms with van der Waals surface area (Å²) in [7, 11) is 1.00. The second-order valence-electron chi connectivity index (χ2n) is 3.95. The normalized spacial score (nSPS) is 12.3. The first-order chi connectivity index (χ1) is 9.09. The fourth-order valence-electron chi connectivity index (χ4n) is 2.31. The van der Waals surface area contributed by atoms with Crippen LogP contribution in [0.5, 0.6) is 0 Å². The van der Waals surface area contributed by atoms with E-state index < -0.39 is 4.92 Å². The Morgan fingerprint density at radius 2 is 1.89 bits per heavy atom. The Morgan fingerprint density at radius 1 is 1.21 bits per heavy atom. The molecule has 0 radical (unpaired) electrons. The summed E-state index contributed by atoms with van der Waals surface area (Å²) in [6.07, 6.45) is 0.334. The van der Waals surface area contributed by atoms with E-state index in [1.54, 1.807) is 18.2 Å². The van der Waals surface area contributed by atoms with Gasteiger partial charge in [0.15, 0.2) is 5.78 Å². The number of aliphatic hydroxyl groups excluding tert-OH is 1. The molecular weight excluding hydrogens is 314 g/mol. The van der Waals surface area contributed by atoms with Crippen LogP contribution in [0.15, 0.2) is 28.7 Å². The van der Waals surface area contributed by atoms with E-state index in [0.29, 0.717) is 21.8 Å². The van der Waals surface area contributed by atoms with Gasteiger partial charge in [-0.25, -0.2) is 0 Å². The SMILES string of the molecule is CO.O=C1Cc2ccc([N+](=O)[O-])c3c(Br)ccc1c23. The zero-order valence-electron chi connectivity index (χ0n) is 10.0. The fraction of sp³-hybridized carbons (Fsp3) is 0.154. The third-order valence-electron chi connectivity index (χ3n) is 3.02. The Labute approximate surface area is 117 Å². The minimum atomic E-state index is -0.420. The molecule has 0 bridgehead atoms. The Morgan fingerprint density at radius 3 is 2.53 bits per heavy atom. The molecule has 5 nitrogen and oxygen atoms in total. The molecule has 0 atom stereocenters. The van der Waals surface area contributed by atoms with Crippen LogP contribution in [0.25, 0.3) is 10.8 Å². The molecule has 19 heavy (non-hydrogen) atoms. The van der Waals surface area contributed by atoms with E-state index in [-0.39, 0.29) is 11.5 Å². The van der Waals surface area contributed by atoms with Crippen molar-refractivity contribution in [3.63, 3.8) is 0 Å². The molecule has 1 aliphatic carbocycles. The quantitative estimate of drug-likeness (QED) is 0.646. The molecule has 3 rings (SSSR count). The maximum Gasteiger partial charge on any atom is 0.278 e. The molecule has 0 amide bonds. The first-order valence-electron chi connectivity index (χ1n) is 5.46. The van der Waals surface area contributed by atoms with Crippen LogP contribution >= 0.6 is 15.9 Å². The van der Waals surface area contributed by atoms with Gasteiger partial charge in [0, 0.05) is 35.0 Å². The summed E-state index contributed by atoms with van der Waals surface area (Å²) in [4.78, 5) is 22.3. The number of nitro benzene ring substituents is 1. The van der Waals surface area contributed by atoms with E-state index in [9.17, 15) is 14.9 Å². The Balaban J connectivity index is 0.000000637. The Bertz CT molecular complexity index is 697. The lowest BCUT2D eigenvalue weighted by Crippen LogP contribution is -1.93. The van der Waals surface area contributed by atoms with Gasteiger partial charge in [0.25, 0.3) is 5.69 Å². The van der Waals surface area contributed by atoms with E-state index >= 15 is 0 Å². The van der Waals surface area contributed by atoms with Crippen molar-refractivity contribution in [1.82, 2.24) is 0 Å². The second-order valence-corrected chi connectivity index (χ2v) is 4.80. The molecule has 0 heterocycles. The Hall–Kier alpha value is -1.79. The number of ketones is 1. The molecule has 0 spiro atoms. The van der Waals surface area contributed by atoms with Crippen LogP contribution in [0.4, 0.5) is 5.69 Å². The number of benzene rings is 2. The summed E-state index contributed by atoms with van der Waals surface area (Å²) in [6, 6.07) is 6.54. The third kappa shape index (κ3) is 2.02. The topological polar surface area (TPSA) is 80.4 Å². The molecule has 2 aromatic rings. The number of aliphatic hydroxyl groups is 1. The van der Waals surface area contributed by atoms with E-state index in [4.69, 9.17) is 5.11 Å². The lowest BCUT2D eigenvalue weighted by Gasteiger charge is -2.04. The van der Waals surface area contributed by atoms with Crippen LogP contribution in [0.3, 0.4) is 0 Å². The van der Waals surface area contributed by atoms with Gasteiger partial charge in [0.1, 0.15) is 0 Å². The largest absolute Gasteiger partial charge is 0.400 e. The lowest BCUT2D eigenvalue weighted by atomic mass is 10.0. The van der Waals surface area contributed by atoms with Crippen LogP contribution in [0.1, 0.15) is 15.9 Å². The number of hydrogen-bond donors (Lipinski definition) is 1. The molecule has 0 aliphatic heterocycles. The summed E-state index contributed by atoms with van der Waals surface area (Å²) in [6.45, 7) is 0. The molecule has 0 unspecified atom stereocenters. The molecule has 0 aromatic heterocycles. The first-order valence-corrected chi connectivity index (χ1v) is 6.25. The Kier molecular flexibility index (Phi) is 3.64. The highest BCUT2D eigenvalue weighted by atomic mass is 79.9. The van der Waals surface area contributed by atoms with Crippen molar-refractivity contribution >= 4 is 38.2 Å². The minimum absolute atomic E-state index is 0.0259. The standard InChI is InChI=1S/C12H6BrNO3.CH4O/c13-8-3-2-7-10(15)5-6-1-4-9(14(16)17)12(8)11(6)7;1-2/h1-4H,5H2;2H,1H3. The van der Waals surface area contributed by atoms with Gasteiger partial charge >= 0.3 is 0 Å². The van der Waals surface area contributed by atoms with E-state index in [1.807, 2.05) is 0 Å². The molecule has 2 aromatic carbocycles. The third-order valence-corrected chi connectivity index (χ3v) is 3.68. The summed E-state index contributed by atoms with van der Waals surface area (Å²) in [5.74, 6) is 0.0259. The molecule has 0 fully saturated rings. The molecule has 1 aliphatic rings. The highest BCUT2D eigenvalue weighted by molar-refractivity contribution is 9.10. The second kappa shape index (κ2) is 5.07. The van der Waals surface area contributed by atoms with Crippen LogP contribution in [-0.4, -0.2) is 22.9 Å². The van der Waals surface area contributed by atoms with Crippen molar-refractivity contribution in [2.75, 3.05) is 7.11 Å². The highest BCUT2D eigenvalue weighted by Gasteiger charge is 2.27. The maximum absolute atomic E-state index is 11.8. The summed E-state index contributed by atoms with van der Waals surface area (Å²) < 4.78 is 0.652. The predicted molar refractivity (Wildman–Crippen MR) is 74.5 cm³/mol. The number of nitrogens with zero attached hydrogens (tertiary/aromatic N) is 1. The van der Waals surface area contributed by atoms with Gasteiger partial charge in [-0.05, 0) is 33.6 Å². The number of Topliss-reactive ketones (excluding diaryl/α,β-unsaturated/α-hetero) is 1. The highest BCUT2D eigenvalue weighted by Crippen LogP contribution is 2.40. The van der Waals surface area contributed by atoms with Gasteiger partial charge in [0.2, 0.25) is 0 Å². The number of nitro groups is 1. The van der Waals surface area contributed by atoms with Crippen molar-refractivity contribution in [1.29, 1.82) is 0 Å². The van der Waals surface area contributed by atoms with Crippen molar-refractivity contribution in [3.05, 3.63) is 50.0 Å². The van der Waals surface area contributed by atoms with Crippen molar-refractivity contribution in [2.45, 2.75) is 6.42 Å². The van der Waals surface area contributed by atoms with Gasteiger partial charge in [-0.15, -0.1) is 0 Å². The average Bonchev–Trinajstić information content (AvgIpc) is 2.73. The molecular formula is C13H10BrNO4. The number of hydrogen-bond acceptors (Lipinski definition) is 4. The predicted octanol–water partition coefficient (Wildman–Crippen LogP) is 2.86. The molecule has 98 valence electrons. The van der Waals surface area contributed by atoms with E-state index in [1.165, 1.54) is 6.07 Å². The number of carbonyl (C=O) groups excluding carboxylic acids is 1. The summed E-state index contributed by atoms with van der Waals surface area (Å²) >= 11 is 3.32. The van der Waals surface area contributed by atoms with E-state index in [2.05, 4.69) is 15.9 Å².